The predicted octanol–water partition coefficient (Wildman–Crippen LogP) is 2.11. The van der Waals surface area contributed by atoms with E-state index in [2.05, 4.69) is 0 Å². The molecule has 0 aliphatic rings. The third-order valence-electron chi connectivity index (χ3n) is 0.667. The van der Waals surface area contributed by atoms with E-state index >= 15 is 0 Å². The number of hydrogen-bond acceptors (Lipinski definition) is 0. The number of hydrogen-bond donors (Lipinski definition) is 0. The van der Waals surface area contributed by atoms with Crippen LogP contribution in [0, 0.1) is 39.9 Å². The van der Waals surface area contributed by atoms with E-state index in [9.17, 15) is 0 Å². The molecule has 0 saturated heterocycles. The molecule has 0 amide bonds. The van der Waals surface area contributed by atoms with Crippen molar-refractivity contribution in [2.75, 3.05) is 0 Å². The molecular weight excluding hydrogens is 340 g/mol. The Balaban J connectivity index is 0. The average molecular weight is 347 g/mol. The zero-order chi connectivity index (χ0) is 4.24. The molecular formula is C6H7ClTh. The largest absolute Gasteiger partial charge is 0.147 e. The van der Waals surface area contributed by atoms with Gasteiger partial charge >= 0.3 is 0 Å². The molecule has 1 aromatic carbocycles. The summed E-state index contributed by atoms with van der Waals surface area (Å²) in [6.45, 7) is 0. The molecule has 1 rings (SSSR count). The Morgan fingerprint density at radius 2 is 0.625 bits per heavy atom. The van der Waals surface area contributed by atoms with E-state index in [0.717, 1.165) is 0 Å². The molecule has 0 aliphatic heterocycles. The van der Waals surface area contributed by atoms with Crippen LogP contribution in [-0.2, 0) is 0 Å². The van der Waals surface area contributed by atoms with Crippen molar-refractivity contribution in [2.24, 2.45) is 0 Å². The zero-order valence-corrected chi connectivity index (χ0v) is 9.30. The van der Waals surface area contributed by atoms with E-state index in [0.29, 0.717) is 0 Å². The first-order valence-electron chi connectivity index (χ1n) is 2.00. The first kappa shape index (κ1) is 11.6. The molecule has 0 fully saturated rings. The molecule has 0 atom stereocenters. The van der Waals surface area contributed by atoms with Crippen molar-refractivity contribution >= 4 is 12.4 Å². The van der Waals surface area contributed by atoms with Gasteiger partial charge < -0.3 is 0 Å². The summed E-state index contributed by atoms with van der Waals surface area (Å²) < 4.78 is 0. The third-order valence-corrected chi connectivity index (χ3v) is 0.667. The van der Waals surface area contributed by atoms with Crippen LogP contribution in [0.15, 0.2) is 36.4 Å². The Labute approximate surface area is 87.8 Å². The van der Waals surface area contributed by atoms with Crippen molar-refractivity contribution in [3.63, 3.8) is 0 Å². The number of benzene rings is 1. The molecule has 0 unspecified atom stereocenters. The van der Waals surface area contributed by atoms with Crippen LogP contribution in [0.3, 0.4) is 0 Å². The van der Waals surface area contributed by atoms with Gasteiger partial charge in [-0.15, -0.1) is 12.4 Å². The molecule has 42 valence electrons. The topological polar surface area (TPSA) is 0 Å². The maximum Gasteiger partial charge on any atom is 0 e. The molecule has 0 aromatic heterocycles. The van der Waals surface area contributed by atoms with Gasteiger partial charge in [-0.3, -0.25) is 0 Å². The monoisotopic (exact) mass is 346 g/mol. The Hall–Kier alpha value is 0.835. The van der Waals surface area contributed by atoms with E-state index in [4.69, 9.17) is 0 Å². The van der Waals surface area contributed by atoms with Crippen LogP contribution in [-0.4, -0.2) is 0 Å². The summed E-state index contributed by atoms with van der Waals surface area (Å²) in [5.74, 6) is 0. The summed E-state index contributed by atoms with van der Waals surface area (Å²) in [5.41, 5.74) is 0. The maximum absolute atomic E-state index is 2.00. The van der Waals surface area contributed by atoms with Crippen molar-refractivity contribution in [1.82, 2.24) is 0 Å². The normalized spacial score (nSPS) is 6.00. The van der Waals surface area contributed by atoms with Crippen LogP contribution < -0.4 is 0 Å². The van der Waals surface area contributed by atoms with Gasteiger partial charge in [0, 0.05) is 39.9 Å². The molecule has 1 aromatic rings. The van der Waals surface area contributed by atoms with Crippen LogP contribution in [0.5, 0.6) is 0 Å². The van der Waals surface area contributed by atoms with Gasteiger partial charge in [0.05, 0.1) is 0 Å². The number of rotatable bonds is 0. The molecule has 2 heteroatoms. The Kier molecular flexibility index (Phi) is 11.4. The van der Waals surface area contributed by atoms with Gasteiger partial charge in [-0.2, -0.15) is 0 Å². The van der Waals surface area contributed by atoms with Crippen molar-refractivity contribution in [3.05, 3.63) is 36.4 Å². The van der Waals surface area contributed by atoms with Gasteiger partial charge in [-0.05, 0) is 0 Å². The summed E-state index contributed by atoms with van der Waals surface area (Å²) in [5, 5.41) is 0. The zero-order valence-electron chi connectivity index (χ0n) is 4.37. The maximum atomic E-state index is 2.00. The molecule has 0 aliphatic carbocycles. The van der Waals surface area contributed by atoms with Crippen LogP contribution in [0.2, 0.25) is 0 Å². The van der Waals surface area contributed by atoms with Crippen LogP contribution in [0.4, 0.5) is 0 Å². The fraction of sp³-hybridized carbons (Fsp3) is 0. The van der Waals surface area contributed by atoms with Crippen LogP contribution in [0.1, 0.15) is 0 Å². The molecule has 0 N–H and O–H groups in total. The van der Waals surface area contributed by atoms with Crippen molar-refractivity contribution in [1.29, 1.82) is 0 Å². The first-order chi connectivity index (χ1) is 3.00. The summed E-state index contributed by atoms with van der Waals surface area (Å²) in [4.78, 5) is 0. The smallest absolute Gasteiger partial charge is 0 e. The third kappa shape index (κ3) is 4.98. The Morgan fingerprint density at radius 1 is 0.500 bits per heavy atom. The summed E-state index contributed by atoms with van der Waals surface area (Å²) in [7, 11) is 0. The minimum absolute atomic E-state index is 0. The molecule has 8 heavy (non-hydrogen) atoms. The van der Waals surface area contributed by atoms with Crippen molar-refractivity contribution in [3.8, 4) is 0 Å². The molecule has 0 spiro atoms. The molecule has 0 heterocycles. The molecule has 0 radical (unpaired) electrons. The van der Waals surface area contributed by atoms with E-state index in [-0.39, 0.29) is 52.3 Å². The second-order valence-electron chi connectivity index (χ2n) is 1.15. The SMILES string of the molecule is Cl.[Th].c1ccccc1. The second kappa shape index (κ2) is 7.83. The van der Waals surface area contributed by atoms with Gasteiger partial charge in [-0.1, -0.05) is 36.4 Å². The molecule has 0 bridgehead atoms. The fourth-order valence-electron chi connectivity index (χ4n) is 0.385. The fourth-order valence-corrected chi connectivity index (χ4v) is 0.385. The minimum Gasteiger partial charge on any atom is -0.147 e. The summed E-state index contributed by atoms with van der Waals surface area (Å²) >= 11 is 0. The second-order valence-corrected chi connectivity index (χ2v) is 1.15. The van der Waals surface area contributed by atoms with Crippen molar-refractivity contribution < 1.29 is 39.9 Å². The van der Waals surface area contributed by atoms with Gasteiger partial charge in [0.1, 0.15) is 0 Å². The van der Waals surface area contributed by atoms with E-state index in [1.54, 1.807) is 0 Å². The summed E-state index contributed by atoms with van der Waals surface area (Å²) in [6.07, 6.45) is 0. The van der Waals surface area contributed by atoms with Gasteiger partial charge in [0.25, 0.3) is 0 Å². The minimum atomic E-state index is 0. The standard InChI is InChI=1S/C6H6.ClH.Th/c1-2-4-6-5-3-1;;/h1-6H;1H;. The van der Waals surface area contributed by atoms with E-state index in [1.165, 1.54) is 0 Å². The van der Waals surface area contributed by atoms with Crippen LogP contribution in [0.25, 0.3) is 0 Å². The summed E-state index contributed by atoms with van der Waals surface area (Å²) in [6, 6.07) is 12.0. The molecule has 0 saturated carbocycles. The average Bonchev–Trinajstić information content (AvgIpc) is 1.72. The number of halogens is 1. The van der Waals surface area contributed by atoms with Gasteiger partial charge in [-0.25, -0.2) is 0 Å². The van der Waals surface area contributed by atoms with Crippen LogP contribution >= 0.6 is 12.4 Å². The quantitative estimate of drug-likeness (QED) is 0.675. The Morgan fingerprint density at radius 3 is 0.750 bits per heavy atom. The van der Waals surface area contributed by atoms with Crippen molar-refractivity contribution in [2.45, 2.75) is 0 Å². The van der Waals surface area contributed by atoms with Gasteiger partial charge in [0.15, 0.2) is 0 Å². The predicted molar refractivity (Wildman–Crippen MR) is 33.7 cm³/mol. The van der Waals surface area contributed by atoms with E-state index in [1.807, 2.05) is 36.4 Å². The van der Waals surface area contributed by atoms with Gasteiger partial charge in [0.2, 0.25) is 0 Å². The molecule has 0 nitrogen and oxygen atoms in total. The first-order valence-corrected chi connectivity index (χ1v) is 2.00. The van der Waals surface area contributed by atoms with E-state index < -0.39 is 0 Å². The Bertz CT molecular complexity index is 80.5.